The van der Waals surface area contributed by atoms with Gasteiger partial charge in [-0.3, -0.25) is 4.90 Å². The van der Waals surface area contributed by atoms with Crippen LogP contribution in [-0.4, -0.2) is 74.1 Å². The van der Waals surface area contributed by atoms with E-state index >= 15 is 0 Å². The number of alkyl halides is 3. The topological polar surface area (TPSA) is 38.8 Å². The van der Waals surface area contributed by atoms with E-state index in [0.717, 1.165) is 50.8 Å². The number of piperazine rings is 1. The van der Waals surface area contributed by atoms with Crippen molar-refractivity contribution in [1.29, 1.82) is 0 Å². The Labute approximate surface area is 156 Å². The van der Waals surface area contributed by atoms with E-state index in [-0.39, 0.29) is 10.7 Å². The number of nitrogens with one attached hydrogen (secondary N) is 1. The first-order chi connectivity index (χ1) is 12.2. The maximum absolute atomic E-state index is 12.8. The largest absolute Gasteiger partial charge is 0.416 e. The zero-order chi connectivity index (χ0) is 19.3. The summed E-state index contributed by atoms with van der Waals surface area (Å²) in [5.74, 6) is 0. The van der Waals surface area contributed by atoms with Crippen molar-refractivity contribution in [1.82, 2.24) is 14.7 Å². The number of anilines is 1. The molecule has 26 heavy (non-hydrogen) atoms. The number of carbonyl (C=O) groups excluding carboxylic acids is 1. The minimum atomic E-state index is -4.48. The maximum atomic E-state index is 12.8. The number of benzene rings is 1. The number of urea groups is 1. The molecule has 5 nitrogen and oxygen atoms in total. The summed E-state index contributed by atoms with van der Waals surface area (Å²) >= 11 is 5.92. The highest BCUT2D eigenvalue weighted by molar-refractivity contribution is 6.33. The molecule has 2 amide bonds. The van der Waals surface area contributed by atoms with Gasteiger partial charge in [0.05, 0.1) is 16.3 Å². The van der Waals surface area contributed by atoms with Crippen LogP contribution in [0.1, 0.15) is 12.0 Å². The molecule has 0 spiro atoms. The van der Waals surface area contributed by atoms with Gasteiger partial charge < -0.3 is 15.1 Å². The fourth-order valence-electron chi connectivity index (χ4n) is 2.78. The van der Waals surface area contributed by atoms with Gasteiger partial charge in [-0.2, -0.15) is 13.2 Å². The molecule has 1 aliphatic rings. The number of halogens is 4. The molecule has 0 atom stereocenters. The number of rotatable bonds is 5. The molecule has 0 saturated carbocycles. The molecule has 146 valence electrons. The average molecular weight is 393 g/mol. The molecule has 1 heterocycles. The second-order valence-electron chi connectivity index (χ2n) is 6.61. The van der Waals surface area contributed by atoms with Crippen LogP contribution in [0.4, 0.5) is 23.7 Å². The fourth-order valence-corrected chi connectivity index (χ4v) is 2.94. The molecule has 2 rings (SSSR count). The van der Waals surface area contributed by atoms with E-state index in [1.807, 2.05) is 14.1 Å². The van der Waals surface area contributed by atoms with Crippen molar-refractivity contribution < 1.29 is 18.0 Å². The van der Waals surface area contributed by atoms with Gasteiger partial charge in [-0.1, -0.05) is 11.6 Å². The van der Waals surface area contributed by atoms with E-state index in [1.165, 1.54) is 0 Å². The first kappa shape index (κ1) is 20.8. The van der Waals surface area contributed by atoms with Crippen molar-refractivity contribution >= 4 is 23.3 Å². The summed E-state index contributed by atoms with van der Waals surface area (Å²) in [6.45, 7) is 4.53. The molecule has 1 aliphatic heterocycles. The fraction of sp³-hybridized carbons (Fsp3) is 0.588. The Morgan fingerprint density at radius 3 is 2.46 bits per heavy atom. The van der Waals surface area contributed by atoms with Crippen molar-refractivity contribution in [2.24, 2.45) is 0 Å². The Morgan fingerprint density at radius 2 is 1.88 bits per heavy atom. The van der Waals surface area contributed by atoms with Gasteiger partial charge in [-0.05, 0) is 51.8 Å². The van der Waals surface area contributed by atoms with Crippen LogP contribution >= 0.6 is 11.6 Å². The summed E-state index contributed by atoms with van der Waals surface area (Å²) in [6, 6.07) is 2.46. The van der Waals surface area contributed by atoms with E-state index in [4.69, 9.17) is 11.6 Å². The van der Waals surface area contributed by atoms with Crippen LogP contribution in [0.5, 0.6) is 0 Å². The number of hydrogen-bond donors (Lipinski definition) is 1. The molecule has 1 aromatic carbocycles. The van der Waals surface area contributed by atoms with Crippen molar-refractivity contribution in [2.75, 3.05) is 58.7 Å². The number of amides is 2. The van der Waals surface area contributed by atoms with Gasteiger partial charge in [-0.25, -0.2) is 4.79 Å². The Hall–Kier alpha value is -1.51. The predicted octanol–water partition coefficient (Wildman–Crippen LogP) is 3.46. The Balaban J connectivity index is 1.88. The van der Waals surface area contributed by atoms with E-state index in [0.29, 0.717) is 13.1 Å². The highest BCUT2D eigenvalue weighted by Gasteiger charge is 2.31. The van der Waals surface area contributed by atoms with Crippen LogP contribution in [0, 0.1) is 0 Å². The van der Waals surface area contributed by atoms with Gasteiger partial charge >= 0.3 is 12.2 Å². The smallest absolute Gasteiger partial charge is 0.322 e. The van der Waals surface area contributed by atoms with Crippen LogP contribution in [0.25, 0.3) is 0 Å². The van der Waals surface area contributed by atoms with E-state index in [2.05, 4.69) is 15.1 Å². The molecule has 1 N–H and O–H groups in total. The van der Waals surface area contributed by atoms with E-state index in [1.54, 1.807) is 4.90 Å². The highest BCUT2D eigenvalue weighted by Crippen LogP contribution is 2.33. The lowest BCUT2D eigenvalue weighted by Gasteiger charge is -2.35. The van der Waals surface area contributed by atoms with Crippen molar-refractivity contribution in [3.05, 3.63) is 28.8 Å². The normalized spacial score (nSPS) is 16.2. The molecule has 0 bridgehead atoms. The van der Waals surface area contributed by atoms with Crippen LogP contribution < -0.4 is 5.32 Å². The summed E-state index contributed by atoms with van der Waals surface area (Å²) in [4.78, 5) is 18.3. The second-order valence-corrected chi connectivity index (χ2v) is 7.02. The molecule has 1 aromatic rings. The zero-order valence-electron chi connectivity index (χ0n) is 14.9. The predicted molar refractivity (Wildman–Crippen MR) is 96.7 cm³/mol. The zero-order valence-corrected chi connectivity index (χ0v) is 15.7. The maximum Gasteiger partial charge on any atom is 0.416 e. The average Bonchev–Trinajstić information content (AvgIpc) is 2.56. The lowest BCUT2D eigenvalue weighted by Crippen LogP contribution is -2.50. The lowest BCUT2D eigenvalue weighted by atomic mass is 10.2. The lowest BCUT2D eigenvalue weighted by molar-refractivity contribution is -0.137. The third kappa shape index (κ3) is 6.03. The number of nitrogens with zero attached hydrogens (tertiary/aromatic N) is 3. The highest BCUT2D eigenvalue weighted by atomic mass is 35.5. The Morgan fingerprint density at radius 1 is 1.23 bits per heavy atom. The van der Waals surface area contributed by atoms with Crippen LogP contribution in [-0.2, 0) is 6.18 Å². The first-order valence-electron chi connectivity index (χ1n) is 8.46. The number of hydrogen-bond acceptors (Lipinski definition) is 3. The molecule has 0 aliphatic carbocycles. The van der Waals surface area contributed by atoms with Crippen molar-refractivity contribution in [3.63, 3.8) is 0 Å². The van der Waals surface area contributed by atoms with Gasteiger partial charge in [0.2, 0.25) is 0 Å². The van der Waals surface area contributed by atoms with Gasteiger partial charge in [0, 0.05) is 26.2 Å². The molecular weight excluding hydrogens is 369 g/mol. The van der Waals surface area contributed by atoms with Crippen LogP contribution in [0.3, 0.4) is 0 Å². The molecule has 9 heteroatoms. The minimum absolute atomic E-state index is 0.0279. The molecule has 0 radical (unpaired) electrons. The van der Waals surface area contributed by atoms with Gasteiger partial charge in [0.1, 0.15) is 0 Å². The minimum Gasteiger partial charge on any atom is -0.322 e. The molecular formula is C17H24ClF3N4O. The van der Waals surface area contributed by atoms with Gasteiger partial charge in [-0.15, -0.1) is 0 Å². The van der Waals surface area contributed by atoms with Crippen LogP contribution in [0.15, 0.2) is 18.2 Å². The number of carbonyl (C=O) groups is 1. The third-order valence-corrected chi connectivity index (χ3v) is 4.60. The standard InChI is InChI=1S/C17H24ClF3N4O/c1-23(2)6-3-7-24-8-10-25(11-9-24)16(26)22-15-12-13(17(19,20)21)4-5-14(15)18/h4-5,12H,3,6-11H2,1-2H3,(H,22,26). The Kier molecular flexibility index (Phi) is 7.14. The summed E-state index contributed by atoms with van der Waals surface area (Å²) in [5, 5.41) is 2.57. The Bertz CT molecular complexity index is 617. The molecule has 1 fully saturated rings. The van der Waals surface area contributed by atoms with Gasteiger partial charge in [0.15, 0.2) is 0 Å². The van der Waals surface area contributed by atoms with E-state index in [9.17, 15) is 18.0 Å². The van der Waals surface area contributed by atoms with Crippen molar-refractivity contribution in [2.45, 2.75) is 12.6 Å². The summed E-state index contributed by atoms with van der Waals surface area (Å²) < 4.78 is 38.4. The molecule has 0 unspecified atom stereocenters. The second kappa shape index (κ2) is 8.92. The van der Waals surface area contributed by atoms with Gasteiger partial charge in [0.25, 0.3) is 0 Å². The monoisotopic (exact) mass is 392 g/mol. The summed E-state index contributed by atoms with van der Waals surface area (Å²) in [6.07, 6.45) is -3.43. The third-order valence-electron chi connectivity index (χ3n) is 4.27. The molecule has 0 aromatic heterocycles. The van der Waals surface area contributed by atoms with Crippen LogP contribution in [0.2, 0.25) is 5.02 Å². The summed E-state index contributed by atoms with van der Waals surface area (Å²) in [5.41, 5.74) is -0.872. The molecule has 1 saturated heterocycles. The van der Waals surface area contributed by atoms with E-state index < -0.39 is 17.8 Å². The summed E-state index contributed by atoms with van der Waals surface area (Å²) in [7, 11) is 4.06. The SMILES string of the molecule is CN(C)CCCN1CCN(C(=O)Nc2cc(C(F)(F)F)ccc2Cl)CC1. The quantitative estimate of drug-likeness (QED) is 0.834. The first-order valence-corrected chi connectivity index (χ1v) is 8.84. The van der Waals surface area contributed by atoms with Crippen molar-refractivity contribution in [3.8, 4) is 0 Å².